The molecule has 7 aromatic rings. The van der Waals surface area contributed by atoms with Crippen LogP contribution in [0.1, 0.15) is 89.1 Å². The highest BCUT2D eigenvalue weighted by Gasteiger charge is 2.25. The number of benzene rings is 5. The number of oxazole rings is 1. The van der Waals surface area contributed by atoms with Crippen LogP contribution in [-0.4, -0.2) is 72.7 Å². The van der Waals surface area contributed by atoms with E-state index in [9.17, 15) is 19.2 Å². The van der Waals surface area contributed by atoms with Crippen LogP contribution in [0.4, 0.5) is 10.8 Å². The summed E-state index contributed by atoms with van der Waals surface area (Å²) < 4.78 is 41.2. The molecule has 0 aliphatic carbocycles. The van der Waals surface area contributed by atoms with Crippen LogP contribution in [0.5, 0.6) is 23.0 Å². The summed E-state index contributed by atoms with van der Waals surface area (Å²) in [6.07, 6.45) is 14.8. The summed E-state index contributed by atoms with van der Waals surface area (Å²) in [5, 5.41) is 14.1. The molecular weight excluding hydrogens is 977 g/mol. The van der Waals surface area contributed by atoms with Crippen molar-refractivity contribution in [2.45, 2.75) is 51.4 Å². The van der Waals surface area contributed by atoms with Crippen LogP contribution >= 0.6 is 11.3 Å². The molecule has 17 nitrogen and oxygen atoms in total. The van der Waals surface area contributed by atoms with Gasteiger partial charge in [-0.1, -0.05) is 36.6 Å². The van der Waals surface area contributed by atoms with Gasteiger partial charge in [0, 0.05) is 30.0 Å². The Morgan fingerprint density at radius 3 is 1.88 bits per heavy atom. The van der Waals surface area contributed by atoms with Gasteiger partial charge in [0.25, 0.3) is 0 Å². The fraction of sp³-hybridized carbons (Fsp3) is 0.211. The number of carbonyl (C=O) groups excluding carboxylic acids is 4. The molecule has 7 rings (SSSR count). The molecule has 0 saturated heterocycles. The van der Waals surface area contributed by atoms with Gasteiger partial charge in [-0.2, -0.15) is 10.4 Å². The number of esters is 4. The number of para-hydroxylation sites is 1. The third-order valence-electron chi connectivity index (χ3n) is 10.8. The Morgan fingerprint density at radius 1 is 0.707 bits per heavy atom. The number of thiazole rings is 1. The molecule has 0 bridgehead atoms. The normalized spacial score (nSPS) is 11.2. The van der Waals surface area contributed by atoms with E-state index in [0.717, 1.165) is 73.7 Å². The van der Waals surface area contributed by atoms with Crippen molar-refractivity contribution in [1.82, 2.24) is 9.97 Å². The number of hydrazone groups is 1. The molecule has 0 saturated carbocycles. The largest absolute Gasteiger partial charge is 0.494 e. The first kappa shape index (κ1) is 53.6. The van der Waals surface area contributed by atoms with Gasteiger partial charge in [-0.15, -0.1) is 0 Å². The lowest BCUT2D eigenvalue weighted by atomic mass is 10.1. The van der Waals surface area contributed by atoms with Gasteiger partial charge in [0.05, 0.1) is 71.3 Å². The van der Waals surface area contributed by atoms with Crippen molar-refractivity contribution in [1.29, 1.82) is 5.26 Å². The maximum Gasteiger partial charge on any atom is 0.343 e. The first-order valence-electron chi connectivity index (χ1n) is 24.0. The van der Waals surface area contributed by atoms with Gasteiger partial charge in [0.2, 0.25) is 16.6 Å². The van der Waals surface area contributed by atoms with Gasteiger partial charge in [0.1, 0.15) is 11.5 Å². The van der Waals surface area contributed by atoms with E-state index in [4.69, 9.17) is 38.1 Å². The van der Waals surface area contributed by atoms with E-state index < -0.39 is 23.9 Å². The van der Waals surface area contributed by atoms with Crippen molar-refractivity contribution < 1.29 is 52.0 Å². The summed E-state index contributed by atoms with van der Waals surface area (Å²) in [5.74, 6) is -1.25. The van der Waals surface area contributed by atoms with E-state index in [-0.39, 0.29) is 45.2 Å². The Hall–Kier alpha value is -9.21. The fourth-order valence-electron chi connectivity index (χ4n) is 7.01. The summed E-state index contributed by atoms with van der Waals surface area (Å²) in [4.78, 5) is 64.0. The molecule has 382 valence electrons. The van der Waals surface area contributed by atoms with E-state index in [1.807, 2.05) is 24.3 Å². The van der Waals surface area contributed by atoms with Crippen LogP contribution < -0.4 is 24.4 Å². The first-order chi connectivity index (χ1) is 36.7. The van der Waals surface area contributed by atoms with Crippen molar-refractivity contribution in [3.63, 3.8) is 0 Å². The number of hydrogen-bond donors (Lipinski definition) is 1. The average Bonchev–Trinajstić information content (AvgIpc) is 4.07. The van der Waals surface area contributed by atoms with Gasteiger partial charge in [-0.05, 0) is 148 Å². The van der Waals surface area contributed by atoms with Gasteiger partial charge in [0.15, 0.2) is 17.0 Å². The molecule has 0 aliphatic heterocycles. The Balaban J connectivity index is 1.12. The number of nitrogens with one attached hydrogen (secondary N) is 1. The standard InChI is InChI=1S/C57H52N6O11S/c1-3-50(64)70-34-13-7-5-11-32-68-44-27-21-40(22-28-44)55(66)72-47-36-42(38-60-63-57-61-46-16-9-10-17-48(46)75-57)53(54-52(47)62-49(73-54)18-15-31-59-43-25-19-39(37-58)20-26-43)74-56(67)41-23-29-45(30-24-41)69-33-12-6-8-14-35-71-51(65)4-2/h3-4,9-10,15-31,36,38H,1-2,5-8,11-14,32-35H2,(H,61,63)/b18-15+,59-31?,60-38+. The minimum atomic E-state index is -0.740. The quantitative estimate of drug-likeness (QED) is 0.0120. The second-order valence-corrected chi connectivity index (χ2v) is 17.3. The lowest BCUT2D eigenvalue weighted by Crippen LogP contribution is -2.12. The Labute approximate surface area is 436 Å². The van der Waals surface area contributed by atoms with Gasteiger partial charge in [-0.25, -0.2) is 29.1 Å². The van der Waals surface area contributed by atoms with Gasteiger partial charge >= 0.3 is 23.9 Å². The maximum absolute atomic E-state index is 14.0. The molecule has 75 heavy (non-hydrogen) atoms. The van der Waals surface area contributed by atoms with Crippen molar-refractivity contribution in [2.24, 2.45) is 10.1 Å². The molecule has 0 spiro atoms. The number of carbonyl (C=O) groups is 4. The summed E-state index contributed by atoms with van der Waals surface area (Å²) in [7, 11) is 0. The van der Waals surface area contributed by atoms with Crippen LogP contribution in [0, 0.1) is 11.3 Å². The molecule has 0 fully saturated rings. The zero-order valence-corrected chi connectivity index (χ0v) is 41.6. The number of unbranched alkanes of at least 4 members (excludes halogenated alkanes) is 6. The van der Waals surface area contributed by atoms with E-state index >= 15 is 0 Å². The van der Waals surface area contributed by atoms with E-state index in [1.165, 1.54) is 35.9 Å². The number of aliphatic imine (C=N–C) groups is 1. The lowest BCUT2D eigenvalue weighted by Gasteiger charge is -2.12. The minimum absolute atomic E-state index is 0.0249. The Morgan fingerprint density at radius 2 is 1.29 bits per heavy atom. The molecule has 2 aromatic heterocycles. The van der Waals surface area contributed by atoms with Crippen LogP contribution in [0.15, 0.2) is 149 Å². The number of hydrogen-bond acceptors (Lipinski definition) is 18. The van der Waals surface area contributed by atoms with Crippen molar-refractivity contribution >= 4 is 85.9 Å². The topological polar surface area (TPSA) is 223 Å². The Kier molecular flexibility index (Phi) is 20.1. The highest BCUT2D eigenvalue weighted by atomic mass is 32.1. The maximum atomic E-state index is 14.0. The van der Waals surface area contributed by atoms with E-state index in [0.29, 0.717) is 54.3 Å². The van der Waals surface area contributed by atoms with Gasteiger partial charge in [-0.3, -0.25) is 10.4 Å². The molecule has 0 aliphatic rings. The van der Waals surface area contributed by atoms with E-state index in [2.05, 4.69) is 44.7 Å². The number of nitriles is 1. The number of fused-ring (bicyclic) bond motifs is 2. The highest BCUT2D eigenvalue weighted by molar-refractivity contribution is 7.22. The Bertz CT molecular complexity index is 3190. The molecule has 0 amide bonds. The molecule has 0 unspecified atom stereocenters. The molecule has 5 aromatic carbocycles. The SMILES string of the molecule is C=CC(=O)OCCCCCCOc1ccc(C(=O)Oc2cc(/C=N/Nc3nc4ccccc4s3)c(OC(=O)c3ccc(OCCCCCCOC(=O)C=C)cc3)c3oc(/C=C/C=Nc4ccc(C#N)cc4)nc23)cc1. The molecule has 18 heteroatoms. The smallest absolute Gasteiger partial charge is 0.343 e. The number of ether oxygens (including phenoxy) is 6. The van der Waals surface area contributed by atoms with Crippen molar-refractivity contribution in [2.75, 3.05) is 31.9 Å². The number of aromatic nitrogens is 2. The number of rotatable bonds is 28. The summed E-state index contributed by atoms with van der Waals surface area (Å²) >= 11 is 1.39. The zero-order chi connectivity index (χ0) is 52.6. The molecule has 1 N–H and O–H groups in total. The van der Waals surface area contributed by atoms with Crippen LogP contribution in [0.25, 0.3) is 27.4 Å². The second kappa shape index (κ2) is 28.1. The second-order valence-electron chi connectivity index (χ2n) is 16.3. The molecule has 0 atom stereocenters. The number of nitrogens with zero attached hydrogens (tertiary/aromatic N) is 5. The fourth-order valence-corrected chi connectivity index (χ4v) is 7.83. The molecule has 0 radical (unpaired) electrons. The number of allylic oxidation sites excluding steroid dienone is 1. The van der Waals surface area contributed by atoms with Crippen molar-refractivity contribution in [3.8, 4) is 29.1 Å². The molecule has 2 heterocycles. The van der Waals surface area contributed by atoms with Gasteiger partial charge < -0.3 is 32.8 Å². The van der Waals surface area contributed by atoms with E-state index in [1.54, 1.807) is 78.9 Å². The predicted molar refractivity (Wildman–Crippen MR) is 286 cm³/mol. The van der Waals surface area contributed by atoms with Crippen LogP contribution in [0.3, 0.4) is 0 Å². The minimum Gasteiger partial charge on any atom is -0.494 e. The first-order valence-corrected chi connectivity index (χ1v) is 24.8. The molecular formula is C57H52N6O11S. The summed E-state index contributed by atoms with van der Waals surface area (Å²) in [6.45, 7) is 8.36. The van der Waals surface area contributed by atoms with Crippen molar-refractivity contribution in [3.05, 3.63) is 163 Å². The van der Waals surface area contributed by atoms with Crippen LogP contribution in [0.2, 0.25) is 0 Å². The zero-order valence-electron chi connectivity index (χ0n) is 40.8. The summed E-state index contributed by atoms with van der Waals surface area (Å²) in [6, 6.07) is 30.9. The third kappa shape index (κ3) is 16.4. The number of anilines is 1. The lowest BCUT2D eigenvalue weighted by molar-refractivity contribution is -0.138. The third-order valence-corrected chi connectivity index (χ3v) is 11.8. The highest BCUT2D eigenvalue weighted by Crippen LogP contribution is 2.38. The summed E-state index contributed by atoms with van der Waals surface area (Å²) in [5.41, 5.74) is 5.47. The van der Waals surface area contributed by atoms with Crippen LogP contribution in [-0.2, 0) is 19.1 Å². The average molecular weight is 1030 g/mol. The monoisotopic (exact) mass is 1030 g/mol. The predicted octanol–water partition coefficient (Wildman–Crippen LogP) is 11.9.